The van der Waals surface area contributed by atoms with Gasteiger partial charge < -0.3 is 20.1 Å². The minimum Gasteiger partial charge on any atom is -0.484 e. The van der Waals surface area contributed by atoms with E-state index in [1.54, 1.807) is 18.2 Å². The molecular formula is C28H38N2O6S. The van der Waals surface area contributed by atoms with Crippen LogP contribution in [-0.4, -0.2) is 58.4 Å². The molecule has 1 heterocycles. The Kier molecular flexibility index (Phi) is 9.23. The van der Waals surface area contributed by atoms with E-state index in [2.05, 4.69) is 19.2 Å². The SMILES string of the molecule is CCCCC1(C)C[C@H](c2ccc(OCC(=O)NCCC(=O)O)cc2)c2cc(N(C)C)ccc2S(=O)(=O)C1. The quantitative estimate of drug-likeness (QED) is 0.447. The first-order chi connectivity index (χ1) is 17.4. The van der Waals surface area contributed by atoms with Gasteiger partial charge in [0, 0.05) is 32.2 Å². The van der Waals surface area contributed by atoms with E-state index in [4.69, 9.17) is 9.84 Å². The highest BCUT2D eigenvalue weighted by Crippen LogP contribution is 2.47. The van der Waals surface area contributed by atoms with Crippen LogP contribution in [0.5, 0.6) is 5.75 Å². The van der Waals surface area contributed by atoms with Crippen molar-refractivity contribution in [2.75, 3.05) is 37.9 Å². The maximum Gasteiger partial charge on any atom is 0.305 e. The van der Waals surface area contributed by atoms with Gasteiger partial charge in [0.05, 0.1) is 17.1 Å². The van der Waals surface area contributed by atoms with Crippen molar-refractivity contribution in [1.82, 2.24) is 5.32 Å². The summed E-state index contributed by atoms with van der Waals surface area (Å²) in [7, 11) is 0.420. The van der Waals surface area contributed by atoms with Crippen LogP contribution in [-0.2, 0) is 19.4 Å². The fraction of sp³-hybridized carbons (Fsp3) is 0.500. The van der Waals surface area contributed by atoms with Crippen LogP contribution in [0.15, 0.2) is 47.4 Å². The highest BCUT2D eigenvalue weighted by Gasteiger charge is 2.40. The molecule has 1 aliphatic rings. The lowest BCUT2D eigenvalue weighted by atomic mass is 9.74. The minimum absolute atomic E-state index is 0.0478. The lowest BCUT2D eigenvalue weighted by molar-refractivity contribution is -0.137. The second-order valence-corrected chi connectivity index (χ2v) is 12.4. The molecular weight excluding hydrogens is 492 g/mol. The van der Waals surface area contributed by atoms with Crippen molar-refractivity contribution in [3.05, 3.63) is 53.6 Å². The van der Waals surface area contributed by atoms with E-state index in [1.807, 2.05) is 43.3 Å². The molecule has 0 spiro atoms. The van der Waals surface area contributed by atoms with E-state index in [0.717, 1.165) is 36.1 Å². The van der Waals surface area contributed by atoms with E-state index in [9.17, 15) is 18.0 Å². The number of amides is 1. The molecule has 202 valence electrons. The number of hydrogen-bond acceptors (Lipinski definition) is 6. The molecule has 37 heavy (non-hydrogen) atoms. The summed E-state index contributed by atoms with van der Waals surface area (Å²) in [5.74, 6) is -0.843. The van der Waals surface area contributed by atoms with Gasteiger partial charge in [0.25, 0.3) is 5.91 Å². The lowest BCUT2D eigenvalue weighted by Gasteiger charge is -2.31. The number of unbranched alkanes of at least 4 members (excludes halogenated alkanes) is 1. The van der Waals surface area contributed by atoms with Crippen molar-refractivity contribution >= 4 is 27.4 Å². The smallest absolute Gasteiger partial charge is 0.305 e. The second-order valence-electron chi connectivity index (χ2n) is 10.4. The number of fused-ring (bicyclic) bond motifs is 1. The summed E-state index contributed by atoms with van der Waals surface area (Å²) < 4.78 is 32.7. The third kappa shape index (κ3) is 7.47. The molecule has 1 amide bonds. The van der Waals surface area contributed by atoms with Crippen molar-refractivity contribution in [3.8, 4) is 5.75 Å². The van der Waals surface area contributed by atoms with Crippen molar-refractivity contribution in [2.45, 2.75) is 56.8 Å². The topological polar surface area (TPSA) is 113 Å². The molecule has 0 aromatic heterocycles. The molecule has 0 saturated heterocycles. The summed E-state index contributed by atoms with van der Waals surface area (Å²) in [6.45, 7) is 4.04. The molecule has 1 unspecified atom stereocenters. The maximum absolute atomic E-state index is 13.5. The molecule has 0 radical (unpaired) electrons. The van der Waals surface area contributed by atoms with Gasteiger partial charge in [0.1, 0.15) is 5.75 Å². The Labute approximate surface area is 219 Å². The number of carboxylic acids is 1. The normalized spacial score (nSPS) is 20.4. The monoisotopic (exact) mass is 530 g/mol. The second kappa shape index (κ2) is 12.0. The maximum atomic E-state index is 13.5. The number of hydrogen-bond donors (Lipinski definition) is 2. The third-order valence-electron chi connectivity index (χ3n) is 6.90. The number of carboxylic acid groups (broad SMARTS) is 1. The van der Waals surface area contributed by atoms with Gasteiger partial charge in [-0.05, 0) is 59.7 Å². The molecule has 0 aliphatic carbocycles. The number of rotatable bonds is 11. The number of carbonyl (C=O) groups is 2. The van der Waals surface area contributed by atoms with Gasteiger partial charge in [-0.3, -0.25) is 9.59 Å². The first-order valence-electron chi connectivity index (χ1n) is 12.7. The van der Waals surface area contributed by atoms with E-state index < -0.39 is 21.7 Å². The van der Waals surface area contributed by atoms with Crippen LogP contribution >= 0.6 is 0 Å². The Balaban J connectivity index is 1.89. The van der Waals surface area contributed by atoms with E-state index in [-0.39, 0.29) is 36.7 Å². The van der Waals surface area contributed by atoms with Gasteiger partial charge in [-0.1, -0.05) is 38.8 Å². The van der Waals surface area contributed by atoms with Gasteiger partial charge in [-0.2, -0.15) is 0 Å². The standard InChI is InChI=1S/C28H38N2O6S/c1-5-6-14-28(2)17-24(23-16-21(30(3)4)9-12-25(23)37(34,35)19-28)20-7-10-22(11-8-20)36-18-26(31)29-15-13-27(32)33/h7-12,16,24H,5-6,13-15,17-19H2,1-4H3,(H,29,31)(H,32,33)/t24-,28?/m1/s1. The van der Waals surface area contributed by atoms with E-state index >= 15 is 0 Å². The van der Waals surface area contributed by atoms with Crippen LogP contribution in [0, 0.1) is 5.41 Å². The predicted molar refractivity (Wildman–Crippen MR) is 144 cm³/mol. The van der Waals surface area contributed by atoms with Crippen LogP contribution < -0.4 is 15.0 Å². The van der Waals surface area contributed by atoms with Gasteiger partial charge >= 0.3 is 5.97 Å². The average molecular weight is 531 g/mol. The average Bonchev–Trinajstić information content (AvgIpc) is 2.93. The molecule has 0 bridgehead atoms. The van der Waals surface area contributed by atoms with Crippen molar-refractivity contribution in [3.63, 3.8) is 0 Å². The Morgan fingerprint density at radius 2 is 1.86 bits per heavy atom. The molecule has 9 heteroatoms. The summed E-state index contributed by atoms with van der Waals surface area (Å²) >= 11 is 0. The number of benzene rings is 2. The number of nitrogens with zero attached hydrogens (tertiary/aromatic N) is 1. The van der Waals surface area contributed by atoms with Gasteiger partial charge in [0.15, 0.2) is 16.4 Å². The zero-order valence-corrected chi connectivity index (χ0v) is 22.9. The highest BCUT2D eigenvalue weighted by atomic mass is 32.2. The first kappa shape index (κ1) is 28.5. The molecule has 2 aromatic carbocycles. The van der Waals surface area contributed by atoms with Crippen LogP contribution in [0.25, 0.3) is 0 Å². The van der Waals surface area contributed by atoms with Crippen LogP contribution in [0.1, 0.15) is 63.0 Å². The Morgan fingerprint density at radius 3 is 2.49 bits per heavy atom. The predicted octanol–water partition coefficient (Wildman–Crippen LogP) is 4.23. The summed E-state index contributed by atoms with van der Waals surface area (Å²) in [5.41, 5.74) is 2.40. The van der Waals surface area contributed by atoms with Gasteiger partial charge in [0.2, 0.25) is 0 Å². The first-order valence-corrected chi connectivity index (χ1v) is 14.3. The van der Waals surface area contributed by atoms with Crippen LogP contribution in [0.4, 0.5) is 5.69 Å². The molecule has 3 rings (SSSR count). The fourth-order valence-corrected chi connectivity index (χ4v) is 7.12. The number of anilines is 1. The lowest BCUT2D eigenvalue weighted by Crippen LogP contribution is -2.30. The third-order valence-corrected chi connectivity index (χ3v) is 9.02. The molecule has 2 N–H and O–H groups in total. The molecule has 2 atom stereocenters. The summed E-state index contributed by atoms with van der Waals surface area (Å²) in [6, 6.07) is 13.1. The molecule has 0 fully saturated rings. The Bertz CT molecular complexity index is 1210. The van der Waals surface area contributed by atoms with Crippen molar-refractivity contribution < 1.29 is 27.9 Å². The zero-order chi connectivity index (χ0) is 27.2. The van der Waals surface area contributed by atoms with Gasteiger partial charge in [-0.15, -0.1) is 0 Å². The highest BCUT2D eigenvalue weighted by molar-refractivity contribution is 7.91. The number of carbonyl (C=O) groups excluding carboxylic acids is 1. The number of nitrogens with one attached hydrogen (secondary N) is 1. The Hall–Kier alpha value is -3.07. The largest absolute Gasteiger partial charge is 0.484 e. The summed E-state index contributed by atoms with van der Waals surface area (Å²) in [4.78, 5) is 24.9. The number of sulfone groups is 1. The molecule has 2 aromatic rings. The molecule has 8 nitrogen and oxygen atoms in total. The molecule has 0 saturated carbocycles. The summed E-state index contributed by atoms with van der Waals surface area (Å²) in [6.07, 6.45) is 3.38. The number of aliphatic carboxylic acids is 1. The van der Waals surface area contributed by atoms with Gasteiger partial charge in [-0.25, -0.2) is 8.42 Å². The Morgan fingerprint density at radius 1 is 1.16 bits per heavy atom. The van der Waals surface area contributed by atoms with Crippen LogP contribution in [0.3, 0.4) is 0 Å². The number of ether oxygens (including phenoxy) is 1. The minimum atomic E-state index is -3.46. The van der Waals surface area contributed by atoms with Crippen molar-refractivity contribution in [1.29, 1.82) is 0 Å². The fourth-order valence-electron chi connectivity index (χ4n) is 4.95. The zero-order valence-electron chi connectivity index (χ0n) is 22.1. The van der Waals surface area contributed by atoms with E-state index in [1.165, 1.54) is 0 Å². The van der Waals surface area contributed by atoms with Crippen LogP contribution in [0.2, 0.25) is 0 Å². The van der Waals surface area contributed by atoms with Crippen molar-refractivity contribution in [2.24, 2.45) is 5.41 Å². The molecule has 1 aliphatic heterocycles. The van der Waals surface area contributed by atoms with E-state index in [0.29, 0.717) is 17.1 Å². The summed E-state index contributed by atoms with van der Waals surface area (Å²) in [5, 5.41) is 11.2.